The van der Waals surface area contributed by atoms with Crippen molar-refractivity contribution < 1.29 is 4.74 Å². The molecule has 1 aromatic heterocycles. The second kappa shape index (κ2) is 5.10. The van der Waals surface area contributed by atoms with Gasteiger partial charge < -0.3 is 9.64 Å². The molecule has 1 aromatic rings. The monoisotopic (exact) mass is 321 g/mol. The Bertz CT molecular complexity index is 524. The van der Waals surface area contributed by atoms with Gasteiger partial charge >= 0.3 is 0 Å². The van der Waals surface area contributed by atoms with Gasteiger partial charge in [-0.2, -0.15) is 5.26 Å². The normalized spacial score (nSPS) is 27.1. The average Bonchev–Trinajstić information content (AvgIpc) is 3.22. The minimum absolute atomic E-state index is 0.199. The molecule has 0 N–H and O–H groups in total. The highest BCUT2D eigenvalue weighted by Crippen LogP contribution is 2.38. The molecule has 0 aromatic carbocycles. The van der Waals surface area contributed by atoms with Crippen LogP contribution in [0, 0.1) is 17.2 Å². The molecule has 2 aliphatic rings. The number of aromatic nitrogens is 1. The number of nitriles is 1. The van der Waals surface area contributed by atoms with Crippen molar-refractivity contribution >= 4 is 21.6 Å². The minimum atomic E-state index is 0.199. The number of hydrogen-bond acceptors (Lipinski definition) is 4. The van der Waals surface area contributed by atoms with Crippen LogP contribution in [0.3, 0.4) is 0 Å². The summed E-state index contributed by atoms with van der Waals surface area (Å²) in [5.74, 6) is 0.705. The first-order chi connectivity index (χ1) is 9.17. The quantitative estimate of drug-likeness (QED) is 0.840. The zero-order valence-electron chi connectivity index (χ0n) is 10.8. The molecular weight excluding hydrogens is 306 g/mol. The molecule has 1 aliphatic heterocycles. The van der Waals surface area contributed by atoms with Gasteiger partial charge in [0.25, 0.3) is 0 Å². The SMILES string of the molecule is C[C@@H]1CN(c2cc(Br)cnc2C#N)C[C@@H](C2CC2)O1. The minimum Gasteiger partial charge on any atom is -0.371 e. The molecule has 1 saturated carbocycles. The van der Waals surface area contributed by atoms with E-state index in [1.54, 1.807) is 6.20 Å². The van der Waals surface area contributed by atoms with E-state index in [9.17, 15) is 5.26 Å². The van der Waals surface area contributed by atoms with Crippen molar-refractivity contribution in [1.29, 1.82) is 5.26 Å². The lowest BCUT2D eigenvalue weighted by atomic mass is 10.1. The molecule has 3 rings (SSSR count). The molecule has 2 heterocycles. The predicted molar refractivity (Wildman–Crippen MR) is 75.9 cm³/mol. The van der Waals surface area contributed by atoms with Crippen LogP contribution in [0.1, 0.15) is 25.5 Å². The van der Waals surface area contributed by atoms with Gasteiger partial charge in [-0.15, -0.1) is 0 Å². The van der Waals surface area contributed by atoms with Gasteiger partial charge in [0, 0.05) is 23.8 Å². The van der Waals surface area contributed by atoms with Crippen molar-refractivity contribution in [3.05, 3.63) is 22.4 Å². The Labute approximate surface area is 121 Å². The number of ether oxygens (including phenoxy) is 1. The van der Waals surface area contributed by atoms with Crippen LogP contribution in [0.4, 0.5) is 5.69 Å². The van der Waals surface area contributed by atoms with E-state index >= 15 is 0 Å². The fourth-order valence-corrected chi connectivity index (χ4v) is 2.99. The summed E-state index contributed by atoms with van der Waals surface area (Å²) < 4.78 is 6.92. The van der Waals surface area contributed by atoms with Crippen LogP contribution in [0.5, 0.6) is 0 Å². The van der Waals surface area contributed by atoms with Gasteiger partial charge in [-0.1, -0.05) is 0 Å². The molecule has 0 unspecified atom stereocenters. The third kappa shape index (κ3) is 2.75. The largest absolute Gasteiger partial charge is 0.371 e. The van der Waals surface area contributed by atoms with E-state index in [2.05, 4.69) is 38.8 Å². The Morgan fingerprint density at radius 3 is 2.95 bits per heavy atom. The van der Waals surface area contributed by atoms with Gasteiger partial charge in [0.15, 0.2) is 5.69 Å². The second-order valence-electron chi connectivity index (χ2n) is 5.36. The Kier molecular flexibility index (Phi) is 3.46. The van der Waals surface area contributed by atoms with Crippen LogP contribution >= 0.6 is 15.9 Å². The average molecular weight is 322 g/mol. The van der Waals surface area contributed by atoms with Crippen molar-refractivity contribution in [1.82, 2.24) is 4.98 Å². The first-order valence-corrected chi connectivity index (χ1v) is 7.42. The van der Waals surface area contributed by atoms with Gasteiger partial charge in [-0.05, 0) is 47.7 Å². The predicted octanol–water partition coefficient (Wildman–Crippen LogP) is 2.72. The zero-order chi connectivity index (χ0) is 13.4. The first kappa shape index (κ1) is 12.9. The lowest BCUT2D eigenvalue weighted by Crippen LogP contribution is -2.47. The number of anilines is 1. The van der Waals surface area contributed by atoms with Crippen molar-refractivity contribution in [2.75, 3.05) is 18.0 Å². The van der Waals surface area contributed by atoms with Crippen LogP contribution in [0.25, 0.3) is 0 Å². The smallest absolute Gasteiger partial charge is 0.163 e. The van der Waals surface area contributed by atoms with Crippen molar-refractivity contribution in [3.8, 4) is 6.07 Å². The third-order valence-corrected chi connectivity index (χ3v) is 4.15. The summed E-state index contributed by atoms with van der Waals surface area (Å²) >= 11 is 3.43. The van der Waals surface area contributed by atoms with Crippen LogP contribution in [-0.2, 0) is 4.74 Å². The molecule has 0 bridgehead atoms. The third-order valence-electron chi connectivity index (χ3n) is 3.71. The zero-order valence-corrected chi connectivity index (χ0v) is 12.4. The highest BCUT2D eigenvalue weighted by atomic mass is 79.9. The van der Waals surface area contributed by atoms with E-state index < -0.39 is 0 Å². The van der Waals surface area contributed by atoms with Gasteiger partial charge in [0.05, 0.1) is 17.9 Å². The molecule has 1 aliphatic carbocycles. The summed E-state index contributed by atoms with van der Waals surface area (Å²) in [6, 6.07) is 4.16. The summed E-state index contributed by atoms with van der Waals surface area (Å²) in [6.45, 7) is 3.77. The molecule has 0 radical (unpaired) electrons. The number of halogens is 1. The van der Waals surface area contributed by atoms with Crippen LogP contribution in [0.15, 0.2) is 16.7 Å². The maximum absolute atomic E-state index is 9.21. The van der Waals surface area contributed by atoms with E-state index in [4.69, 9.17) is 4.74 Å². The van der Waals surface area contributed by atoms with E-state index in [0.717, 1.165) is 23.2 Å². The summed E-state index contributed by atoms with van der Waals surface area (Å²) in [4.78, 5) is 6.44. The Balaban J connectivity index is 1.88. The van der Waals surface area contributed by atoms with E-state index in [0.29, 0.717) is 17.7 Å². The van der Waals surface area contributed by atoms with Crippen molar-refractivity contribution in [2.24, 2.45) is 5.92 Å². The second-order valence-corrected chi connectivity index (χ2v) is 6.28. The Morgan fingerprint density at radius 2 is 2.26 bits per heavy atom. The number of hydrogen-bond donors (Lipinski definition) is 0. The fraction of sp³-hybridized carbons (Fsp3) is 0.571. The highest BCUT2D eigenvalue weighted by molar-refractivity contribution is 9.10. The topological polar surface area (TPSA) is 49.2 Å². The van der Waals surface area contributed by atoms with E-state index in [-0.39, 0.29) is 6.10 Å². The lowest BCUT2D eigenvalue weighted by molar-refractivity contribution is -0.0271. The Morgan fingerprint density at radius 1 is 1.47 bits per heavy atom. The molecule has 5 heteroatoms. The van der Waals surface area contributed by atoms with Gasteiger partial charge in [0.2, 0.25) is 0 Å². The van der Waals surface area contributed by atoms with E-state index in [1.807, 2.05) is 6.07 Å². The fourth-order valence-electron chi connectivity index (χ4n) is 2.67. The molecular formula is C14H16BrN3O. The summed E-state index contributed by atoms with van der Waals surface area (Å²) in [6.07, 6.45) is 4.71. The number of nitrogens with zero attached hydrogens (tertiary/aromatic N) is 3. The number of rotatable bonds is 2. The van der Waals surface area contributed by atoms with Crippen LogP contribution in [0.2, 0.25) is 0 Å². The van der Waals surface area contributed by atoms with Gasteiger partial charge in [-0.3, -0.25) is 0 Å². The van der Waals surface area contributed by atoms with E-state index in [1.165, 1.54) is 12.8 Å². The summed E-state index contributed by atoms with van der Waals surface area (Å²) in [5.41, 5.74) is 1.41. The number of morpholine rings is 1. The highest BCUT2D eigenvalue weighted by Gasteiger charge is 2.37. The Hall–Kier alpha value is -1.12. The molecule has 4 nitrogen and oxygen atoms in total. The van der Waals surface area contributed by atoms with Crippen LogP contribution < -0.4 is 4.90 Å². The first-order valence-electron chi connectivity index (χ1n) is 6.63. The lowest BCUT2D eigenvalue weighted by Gasteiger charge is -2.38. The van der Waals surface area contributed by atoms with Crippen molar-refractivity contribution in [3.63, 3.8) is 0 Å². The molecule has 1 saturated heterocycles. The van der Waals surface area contributed by atoms with Crippen molar-refractivity contribution in [2.45, 2.75) is 32.0 Å². The maximum atomic E-state index is 9.21. The molecule has 0 amide bonds. The van der Waals surface area contributed by atoms with Gasteiger partial charge in [0.1, 0.15) is 6.07 Å². The summed E-state index contributed by atoms with van der Waals surface area (Å²) in [7, 11) is 0. The standard InChI is InChI=1S/C14H16BrN3O/c1-9-7-18(8-14(19-9)10-2-3-10)13-4-11(15)6-17-12(13)5-16/h4,6,9-10,14H,2-3,7-8H2,1H3/t9-,14+/m1/s1. The van der Waals surface area contributed by atoms with Gasteiger partial charge in [-0.25, -0.2) is 4.98 Å². The summed E-state index contributed by atoms with van der Waals surface area (Å²) in [5, 5.41) is 9.21. The molecule has 2 atom stereocenters. The molecule has 19 heavy (non-hydrogen) atoms. The number of pyridine rings is 1. The maximum Gasteiger partial charge on any atom is 0.163 e. The molecule has 0 spiro atoms. The van der Waals surface area contributed by atoms with Crippen LogP contribution in [-0.4, -0.2) is 30.3 Å². The molecule has 100 valence electrons. The molecule has 2 fully saturated rings.